The van der Waals surface area contributed by atoms with E-state index >= 15 is 0 Å². The Morgan fingerprint density at radius 2 is 2.09 bits per heavy atom. The Balaban J connectivity index is 1.84. The summed E-state index contributed by atoms with van der Waals surface area (Å²) in [6.07, 6.45) is 0. The molecule has 3 rings (SSSR count). The highest BCUT2D eigenvalue weighted by Gasteiger charge is 2.17. The predicted octanol–water partition coefficient (Wildman–Crippen LogP) is 4.58. The summed E-state index contributed by atoms with van der Waals surface area (Å²) < 4.78 is 8.65. The van der Waals surface area contributed by atoms with Crippen molar-refractivity contribution in [3.63, 3.8) is 0 Å². The number of ether oxygens (including phenoxy) is 1. The van der Waals surface area contributed by atoms with E-state index in [1.165, 1.54) is 0 Å². The number of benzene rings is 1. The van der Waals surface area contributed by atoms with Crippen LogP contribution >= 0.6 is 27.3 Å². The lowest BCUT2D eigenvalue weighted by molar-refractivity contribution is 0.300. The number of thiazole rings is 1. The first-order valence-corrected chi connectivity index (χ1v) is 9.06. The molecule has 5 nitrogen and oxygen atoms in total. The van der Waals surface area contributed by atoms with Crippen LogP contribution in [0.4, 0.5) is 0 Å². The van der Waals surface area contributed by atoms with Gasteiger partial charge in [0.05, 0.1) is 20.7 Å². The van der Waals surface area contributed by atoms with Gasteiger partial charge in [-0.15, -0.1) is 16.4 Å². The predicted molar refractivity (Wildman–Crippen MR) is 95.9 cm³/mol. The summed E-state index contributed by atoms with van der Waals surface area (Å²) in [5.41, 5.74) is 2.91. The number of aryl methyl sites for hydroxylation is 1. The van der Waals surface area contributed by atoms with E-state index in [2.05, 4.69) is 52.0 Å². The summed E-state index contributed by atoms with van der Waals surface area (Å²) in [6, 6.07) is 3.96. The van der Waals surface area contributed by atoms with Gasteiger partial charge in [0.15, 0.2) is 0 Å². The van der Waals surface area contributed by atoms with Crippen LogP contribution < -0.4 is 4.74 Å². The Hall–Kier alpha value is -1.47. The van der Waals surface area contributed by atoms with Gasteiger partial charge in [0.25, 0.3) is 0 Å². The lowest BCUT2D eigenvalue weighted by Crippen LogP contribution is -2.16. The highest BCUT2D eigenvalue weighted by molar-refractivity contribution is 9.10. The molecule has 0 unspecified atom stereocenters. The fourth-order valence-corrected chi connectivity index (χ4v) is 3.42. The van der Waals surface area contributed by atoms with Gasteiger partial charge in [0, 0.05) is 11.9 Å². The zero-order chi connectivity index (χ0) is 16.6. The molecule has 0 amide bonds. The molecule has 7 heteroatoms. The standard InChI is InChI=1S/C16H19BrN4OS/c1-10-18-11(8-23-10)7-22-13-6-5-12-15(14(13)17)19-20-21(12)9-16(2,3)4/h5-6,8H,7,9H2,1-4H3. The van der Waals surface area contributed by atoms with Crippen molar-refractivity contribution in [3.8, 4) is 5.75 Å². The normalized spacial score (nSPS) is 12.0. The van der Waals surface area contributed by atoms with Gasteiger partial charge in [-0.1, -0.05) is 26.0 Å². The quantitative estimate of drug-likeness (QED) is 0.649. The van der Waals surface area contributed by atoms with Crippen molar-refractivity contribution in [1.29, 1.82) is 0 Å². The van der Waals surface area contributed by atoms with E-state index < -0.39 is 0 Å². The molecule has 23 heavy (non-hydrogen) atoms. The largest absolute Gasteiger partial charge is 0.486 e. The zero-order valence-electron chi connectivity index (χ0n) is 13.6. The first-order valence-electron chi connectivity index (χ1n) is 7.39. The minimum Gasteiger partial charge on any atom is -0.486 e. The molecule has 2 aromatic heterocycles. The Bertz CT molecular complexity index is 834. The molecule has 0 aliphatic carbocycles. The average molecular weight is 395 g/mol. The van der Waals surface area contributed by atoms with Crippen LogP contribution in [0.2, 0.25) is 0 Å². The van der Waals surface area contributed by atoms with Gasteiger partial charge in [-0.3, -0.25) is 0 Å². The SMILES string of the molecule is Cc1nc(COc2ccc3c(nnn3CC(C)(C)C)c2Br)cs1. The van der Waals surface area contributed by atoms with Crippen molar-refractivity contribution in [3.05, 3.63) is 32.7 Å². The summed E-state index contributed by atoms with van der Waals surface area (Å²) in [5.74, 6) is 0.756. The third-order valence-corrected chi connectivity index (χ3v) is 4.85. The minimum absolute atomic E-state index is 0.144. The summed E-state index contributed by atoms with van der Waals surface area (Å²) in [4.78, 5) is 4.41. The van der Waals surface area contributed by atoms with E-state index in [1.807, 2.05) is 29.1 Å². The van der Waals surface area contributed by atoms with Gasteiger partial charge >= 0.3 is 0 Å². The maximum absolute atomic E-state index is 5.87. The molecule has 0 radical (unpaired) electrons. The zero-order valence-corrected chi connectivity index (χ0v) is 16.0. The lowest BCUT2D eigenvalue weighted by Gasteiger charge is -2.18. The molecular weight excluding hydrogens is 376 g/mol. The van der Waals surface area contributed by atoms with Gasteiger partial charge < -0.3 is 4.74 Å². The molecule has 1 aromatic carbocycles. The number of aromatic nitrogens is 4. The molecular formula is C16H19BrN4OS. The van der Waals surface area contributed by atoms with E-state index in [9.17, 15) is 0 Å². The Labute approximate surface area is 147 Å². The van der Waals surface area contributed by atoms with E-state index in [0.717, 1.165) is 38.5 Å². The molecule has 0 atom stereocenters. The van der Waals surface area contributed by atoms with Crippen LogP contribution in [0, 0.1) is 12.3 Å². The van der Waals surface area contributed by atoms with Crippen LogP contribution in [0.15, 0.2) is 22.0 Å². The third-order valence-electron chi connectivity index (χ3n) is 3.26. The van der Waals surface area contributed by atoms with Crippen molar-refractivity contribution in [1.82, 2.24) is 20.0 Å². The summed E-state index contributed by atoms with van der Waals surface area (Å²) in [6.45, 7) is 9.80. The van der Waals surface area contributed by atoms with Gasteiger partial charge in [0.2, 0.25) is 0 Å². The molecule has 0 saturated heterocycles. The molecule has 0 saturated carbocycles. The number of nitrogens with zero attached hydrogens (tertiary/aromatic N) is 4. The number of hydrogen-bond donors (Lipinski definition) is 0. The topological polar surface area (TPSA) is 52.8 Å². The van der Waals surface area contributed by atoms with Gasteiger partial charge in [0.1, 0.15) is 17.9 Å². The second-order valence-corrected chi connectivity index (χ2v) is 8.55. The number of halogens is 1. The van der Waals surface area contributed by atoms with Gasteiger partial charge in [-0.05, 0) is 40.4 Å². The summed E-state index contributed by atoms with van der Waals surface area (Å²) >= 11 is 5.22. The van der Waals surface area contributed by atoms with E-state index in [0.29, 0.717) is 6.61 Å². The molecule has 0 aliphatic rings. The van der Waals surface area contributed by atoms with E-state index in [1.54, 1.807) is 11.3 Å². The van der Waals surface area contributed by atoms with Gasteiger partial charge in [-0.2, -0.15) is 0 Å². The minimum atomic E-state index is 0.144. The maximum Gasteiger partial charge on any atom is 0.136 e. The van der Waals surface area contributed by atoms with Crippen molar-refractivity contribution in [2.75, 3.05) is 0 Å². The van der Waals surface area contributed by atoms with Crippen LogP contribution in [-0.4, -0.2) is 20.0 Å². The van der Waals surface area contributed by atoms with E-state index in [4.69, 9.17) is 4.74 Å². The Morgan fingerprint density at radius 3 is 2.74 bits per heavy atom. The van der Waals surface area contributed by atoms with Crippen molar-refractivity contribution >= 4 is 38.3 Å². The van der Waals surface area contributed by atoms with Crippen LogP contribution in [0.1, 0.15) is 31.5 Å². The molecule has 122 valence electrons. The fraction of sp³-hybridized carbons (Fsp3) is 0.438. The third kappa shape index (κ3) is 3.72. The highest BCUT2D eigenvalue weighted by Crippen LogP contribution is 2.33. The van der Waals surface area contributed by atoms with Crippen molar-refractivity contribution in [2.24, 2.45) is 5.41 Å². The average Bonchev–Trinajstić information content (AvgIpc) is 3.04. The Morgan fingerprint density at radius 1 is 1.30 bits per heavy atom. The highest BCUT2D eigenvalue weighted by atomic mass is 79.9. The van der Waals surface area contributed by atoms with Crippen LogP contribution in [0.25, 0.3) is 11.0 Å². The van der Waals surface area contributed by atoms with Crippen molar-refractivity contribution < 1.29 is 4.74 Å². The van der Waals surface area contributed by atoms with Crippen LogP contribution in [0.5, 0.6) is 5.75 Å². The van der Waals surface area contributed by atoms with Crippen molar-refractivity contribution in [2.45, 2.75) is 40.8 Å². The molecule has 3 aromatic rings. The smallest absolute Gasteiger partial charge is 0.136 e. The second-order valence-electron chi connectivity index (χ2n) is 6.70. The number of hydrogen-bond acceptors (Lipinski definition) is 5. The summed E-state index contributed by atoms with van der Waals surface area (Å²) in [7, 11) is 0. The summed E-state index contributed by atoms with van der Waals surface area (Å²) in [5, 5.41) is 11.6. The molecule has 0 spiro atoms. The lowest BCUT2D eigenvalue weighted by atomic mass is 9.97. The number of fused-ring (bicyclic) bond motifs is 1. The molecule has 0 aliphatic heterocycles. The van der Waals surface area contributed by atoms with Crippen LogP contribution in [0.3, 0.4) is 0 Å². The second kappa shape index (κ2) is 6.20. The number of rotatable bonds is 4. The first-order chi connectivity index (χ1) is 10.8. The van der Waals surface area contributed by atoms with E-state index in [-0.39, 0.29) is 5.41 Å². The molecule has 0 fully saturated rings. The monoisotopic (exact) mass is 394 g/mol. The van der Waals surface area contributed by atoms with Gasteiger partial charge in [-0.25, -0.2) is 9.67 Å². The van der Waals surface area contributed by atoms with Crippen LogP contribution in [-0.2, 0) is 13.2 Å². The Kier molecular flexibility index (Phi) is 4.42. The molecule has 0 bridgehead atoms. The first kappa shape index (κ1) is 16.4. The fourth-order valence-electron chi connectivity index (χ4n) is 2.29. The molecule has 2 heterocycles. The molecule has 0 N–H and O–H groups in total. The maximum atomic E-state index is 5.87.